The van der Waals surface area contributed by atoms with Crippen LogP contribution in [-0.2, 0) is 0 Å². The lowest BCUT2D eigenvalue weighted by atomic mass is 10.0. The molecule has 0 saturated carbocycles. The van der Waals surface area contributed by atoms with E-state index in [0.717, 1.165) is 6.42 Å². The summed E-state index contributed by atoms with van der Waals surface area (Å²) in [6.45, 7) is 7.62. The van der Waals surface area contributed by atoms with Gasteiger partial charge in [-0.25, -0.2) is 0 Å². The van der Waals surface area contributed by atoms with E-state index >= 15 is 0 Å². The maximum absolute atomic E-state index is 9.25. The van der Waals surface area contributed by atoms with Crippen molar-refractivity contribution >= 4 is 0 Å². The third kappa shape index (κ3) is 5.61. The van der Waals surface area contributed by atoms with Crippen LogP contribution in [0.25, 0.3) is 0 Å². The molecule has 0 aliphatic rings. The molecule has 0 aliphatic heterocycles. The van der Waals surface area contributed by atoms with Gasteiger partial charge in [0.1, 0.15) is 0 Å². The molecular formula is C9H16O. The molecule has 0 heterocycles. The third-order valence-corrected chi connectivity index (χ3v) is 1.28. The van der Waals surface area contributed by atoms with Gasteiger partial charge in [0, 0.05) is 0 Å². The molecule has 0 aromatic heterocycles. The number of aliphatic hydroxyl groups is 1. The predicted octanol–water partition coefficient (Wildman–Crippen LogP) is 2.12. The lowest BCUT2D eigenvalue weighted by Crippen LogP contribution is -2.08. The van der Waals surface area contributed by atoms with Crippen LogP contribution in [0.4, 0.5) is 0 Å². The van der Waals surface area contributed by atoms with Crippen molar-refractivity contribution < 1.29 is 5.11 Å². The SMILES string of the molecule is C=C=CC[C@@H](O)CC(C)C. The van der Waals surface area contributed by atoms with E-state index < -0.39 is 0 Å². The summed E-state index contributed by atoms with van der Waals surface area (Å²) in [6.07, 6.45) is 3.10. The molecule has 0 saturated heterocycles. The van der Waals surface area contributed by atoms with Crippen LogP contribution >= 0.6 is 0 Å². The van der Waals surface area contributed by atoms with Crippen molar-refractivity contribution in [3.05, 3.63) is 18.4 Å². The summed E-state index contributed by atoms with van der Waals surface area (Å²) in [5, 5.41) is 9.25. The average Bonchev–Trinajstić information content (AvgIpc) is 1.82. The summed E-state index contributed by atoms with van der Waals surface area (Å²) in [7, 11) is 0. The quantitative estimate of drug-likeness (QED) is 0.593. The summed E-state index contributed by atoms with van der Waals surface area (Å²) < 4.78 is 0. The summed E-state index contributed by atoms with van der Waals surface area (Å²) in [5.41, 5.74) is 2.64. The van der Waals surface area contributed by atoms with E-state index in [0.29, 0.717) is 12.3 Å². The highest BCUT2D eigenvalue weighted by atomic mass is 16.3. The van der Waals surface area contributed by atoms with E-state index in [4.69, 9.17) is 0 Å². The van der Waals surface area contributed by atoms with Crippen molar-refractivity contribution in [1.82, 2.24) is 0 Å². The molecule has 0 unspecified atom stereocenters. The normalized spacial score (nSPS) is 12.8. The average molecular weight is 140 g/mol. The zero-order valence-corrected chi connectivity index (χ0v) is 6.80. The van der Waals surface area contributed by atoms with Crippen LogP contribution < -0.4 is 0 Å². The van der Waals surface area contributed by atoms with Gasteiger partial charge in [-0.3, -0.25) is 0 Å². The number of aliphatic hydroxyl groups excluding tert-OH is 1. The molecule has 0 aliphatic carbocycles. The molecule has 1 N–H and O–H groups in total. The molecule has 1 nitrogen and oxygen atoms in total. The van der Waals surface area contributed by atoms with Crippen LogP contribution in [0.1, 0.15) is 26.7 Å². The van der Waals surface area contributed by atoms with E-state index in [1.807, 2.05) is 0 Å². The minimum absolute atomic E-state index is 0.214. The van der Waals surface area contributed by atoms with Gasteiger partial charge in [-0.2, -0.15) is 0 Å². The highest BCUT2D eigenvalue weighted by Crippen LogP contribution is 2.07. The second kappa shape index (κ2) is 5.28. The Labute approximate surface area is 63.1 Å². The Morgan fingerprint density at radius 3 is 2.60 bits per heavy atom. The van der Waals surface area contributed by atoms with Crippen molar-refractivity contribution in [3.8, 4) is 0 Å². The zero-order chi connectivity index (χ0) is 7.98. The number of rotatable bonds is 4. The fourth-order valence-electron chi connectivity index (χ4n) is 0.860. The maximum atomic E-state index is 9.25. The van der Waals surface area contributed by atoms with Crippen LogP contribution in [0.3, 0.4) is 0 Å². The molecule has 1 heteroatoms. The molecule has 0 fully saturated rings. The Morgan fingerprint density at radius 1 is 1.60 bits per heavy atom. The Morgan fingerprint density at radius 2 is 2.20 bits per heavy atom. The molecule has 0 rings (SSSR count). The van der Waals surface area contributed by atoms with Crippen molar-refractivity contribution in [3.63, 3.8) is 0 Å². The van der Waals surface area contributed by atoms with Gasteiger partial charge in [0.25, 0.3) is 0 Å². The lowest BCUT2D eigenvalue weighted by molar-refractivity contribution is 0.152. The van der Waals surface area contributed by atoms with Gasteiger partial charge in [0.15, 0.2) is 0 Å². The monoisotopic (exact) mass is 140 g/mol. The Bertz CT molecular complexity index is 121. The van der Waals surface area contributed by atoms with E-state index in [1.165, 1.54) is 0 Å². The molecule has 58 valence electrons. The molecule has 0 aromatic rings. The summed E-state index contributed by atoms with van der Waals surface area (Å²) in [6, 6.07) is 0. The molecular weight excluding hydrogens is 124 g/mol. The predicted molar refractivity (Wildman–Crippen MR) is 43.8 cm³/mol. The van der Waals surface area contributed by atoms with Crippen LogP contribution in [0, 0.1) is 5.92 Å². The van der Waals surface area contributed by atoms with Crippen LogP contribution in [0.15, 0.2) is 18.4 Å². The maximum Gasteiger partial charge on any atom is 0.0583 e. The Hall–Kier alpha value is -0.520. The highest BCUT2D eigenvalue weighted by molar-refractivity contribution is 4.79. The molecule has 0 radical (unpaired) electrons. The highest BCUT2D eigenvalue weighted by Gasteiger charge is 2.03. The van der Waals surface area contributed by atoms with Crippen molar-refractivity contribution in [1.29, 1.82) is 0 Å². The molecule has 0 spiro atoms. The van der Waals surface area contributed by atoms with Gasteiger partial charge in [-0.1, -0.05) is 20.4 Å². The van der Waals surface area contributed by atoms with Crippen LogP contribution in [0.2, 0.25) is 0 Å². The van der Waals surface area contributed by atoms with Gasteiger partial charge < -0.3 is 5.11 Å². The van der Waals surface area contributed by atoms with Crippen molar-refractivity contribution in [2.45, 2.75) is 32.8 Å². The fourth-order valence-corrected chi connectivity index (χ4v) is 0.860. The fraction of sp³-hybridized carbons (Fsp3) is 0.667. The van der Waals surface area contributed by atoms with Gasteiger partial charge in [0.05, 0.1) is 6.10 Å². The minimum atomic E-state index is -0.214. The molecule has 1 atom stereocenters. The molecule has 0 bridgehead atoms. The second-order valence-electron chi connectivity index (χ2n) is 2.93. The lowest BCUT2D eigenvalue weighted by Gasteiger charge is -2.09. The third-order valence-electron chi connectivity index (χ3n) is 1.28. The van der Waals surface area contributed by atoms with Crippen LogP contribution in [-0.4, -0.2) is 11.2 Å². The molecule has 0 aromatic carbocycles. The standard InChI is InChI=1S/C9H16O/c1-4-5-6-9(10)7-8(2)3/h5,8-10H,1,6-7H2,2-3H3/t9-/m1/s1. The van der Waals surface area contributed by atoms with E-state index in [2.05, 4.69) is 26.2 Å². The first-order valence-electron chi connectivity index (χ1n) is 3.69. The first kappa shape index (κ1) is 9.48. The Balaban J connectivity index is 3.42. The summed E-state index contributed by atoms with van der Waals surface area (Å²) >= 11 is 0. The number of hydrogen-bond acceptors (Lipinski definition) is 1. The second-order valence-corrected chi connectivity index (χ2v) is 2.93. The first-order valence-corrected chi connectivity index (χ1v) is 3.69. The zero-order valence-electron chi connectivity index (χ0n) is 6.80. The van der Waals surface area contributed by atoms with Gasteiger partial charge >= 0.3 is 0 Å². The first-order chi connectivity index (χ1) is 4.66. The molecule has 10 heavy (non-hydrogen) atoms. The smallest absolute Gasteiger partial charge is 0.0583 e. The van der Waals surface area contributed by atoms with Crippen molar-refractivity contribution in [2.24, 2.45) is 5.92 Å². The van der Waals surface area contributed by atoms with Gasteiger partial charge in [-0.05, 0) is 24.8 Å². The summed E-state index contributed by atoms with van der Waals surface area (Å²) in [5.74, 6) is 0.563. The van der Waals surface area contributed by atoms with Crippen molar-refractivity contribution in [2.75, 3.05) is 0 Å². The Kier molecular flexibility index (Phi) is 5.00. The topological polar surface area (TPSA) is 20.2 Å². The van der Waals surface area contributed by atoms with E-state index in [9.17, 15) is 5.11 Å². The van der Waals surface area contributed by atoms with Gasteiger partial charge in [0.2, 0.25) is 0 Å². The minimum Gasteiger partial charge on any atom is -0.393 e. The molecule has 0 amide bonds. The largest absolute Gasteiger partial charge is 0.393 e. The van der Waals surface area contributed by atoms with Crippen LogP contribution in [0.5, 0.6) is 0 Å². The summed E-state index contributed by atoms with van der Waals surface area (Å²) in [4.78, 5) is 0. The van der Waals surface area contributed by atoms with Gasteiger partial charge in [-0.15, -0.1) is 5.73 Å². The van der Waals surface area contributed by atoms with E-state index in [-0.39, 0.29) is 6.10 Å². The number of hydrogen-bond donors (Lipinski definition) is 1. The van der Waals surface area contributed by atoms with E-state index in [1.54, 1.807) is 6.08 Å².